The van der Waals surface area contributed by atoms with Gasteiger partial charge in [0.25, 0.3) is 0 Å². The van der Waals surface area contributed by atoms with E-state index in [0.29, 0.717) is 6.42 Å². The number of Topliss-reactive ketones (excluding diaryl/α,β-unsaturated/α-hetero) is 1. The molecule has 0 bridgehead atoms. The topological polar surface area (TPSA) is 35.5 Å². The molecule has 1 aromatic rings. The first-order valence-corrected chi connectivity index (χ1v) is 6.21. The zero-order valence-electron chi connectivity index (χ0n) is 10.1. The van der Waals surface area contributed by atoms with Gasteiger partial charge in [0.1, 0.15) is 5.75 Å². The zero-order valence-corrected chi connectivity index (χ0v) is 10.1. The Labute approximate surface area is 102 Å². The van der Waals surface area contributed by atoms with Crippen LogP contribution >= 0.6 is 0 Å². The highest BCUT2D eigenvalue weighted by Crippen LogP contribution is 2.19. The van der Waals surface area contributed by atoms with E-state index in [1.54, 1.807) is 0 Å². The predicted octanol–water partition coefficient (Wildman–Crippen LogP) is 3.18. The molecule has 2 rings (SSSR count). The largest absolute Gasteiger partial charge is 0.465 e. The van der Waals surface area contributed by atoms with Crippen LogP contribution in [0.3, 0.4) is 0 Å². The van der Waals surface area contributed by atoms with Gasteiger partial charge in [0.15, 0.2) is 12.1 Å². The quantitative estimate of drug-likeness (QED) is 0.750. The Morgan fingerprint density at radius 3 is 2.71 bits per heavy atom. The van der Waals surface area contributed by atoms with E-state index in [1.807, 2.05) is 31.2 Å². The molecule has 1 aliphatic heterocycles. The minimum Gasteiger partial charge on any atom is -0.465 e. The Hall–Kier alpha value is -1.35. The SMILES string of the molecule is CCC(=O)c1ccc(O[C@@H]2CCCCO2)cc1. The van der Waals surface area contributed by atoms with Crippen LogP contribution in [0.4, 0.5) is 0 Å². The van der Waals surface area contributed by atoms with Gasteiger partial charge in [-0.05, 0) is 37.1 Å². The van der Waals surface area contributed by atoms with Gasteiger partial charge < -0.3 is 9.47 Å². The van der Waals surface area contributed by atoms with Gasteiger partial charge in [-0.2, -0.15) is 0 Å². The maximum Gasteiger partial charge on any atom is 0.199 e. The first kappa shape index (κ1) is 12.1. The third-order valence-corrected chi connectivity index (χ3v) is 2.90. The second kappa shape index (κ2) is 5.82. The monoisotopic (exact) mass is 234 g/mol. The molecule has 0 aliphatic carbocycles. The van der Waals surface area contributed by atoms with Crippen molar-refractivity contribution in [1.82, 2.24) is 0 Å². The van der Waals surface area contributed by atoms with E-state index < -0.39 is 0 Å². The summed E-state index contributed by atoms with van der Waals surface area (Å²) in [5.41, 5.74) is 0.740. The van der Waals surface area contributed by atoms with Crippen LogP contribution in [-0.4, -0.2) is 18.7 Å². The number of ether oxygens (including phenoxy) is 2. The Morgan fingerprint density at radius 2 is 2.12 bits per heavy atom. The Balaban J connectivity index is 1.95. The van der Waals surface area contributed by atoms with Crippen molar-refractivity contribution >= 4 is 5.78 Å². The van der Waals surface area contributed by atoms with Crippen molar-refractivity contribution in [3.63, 3.8) is 0 Å². The van der Waals surface area contributed by atoms with Crippen molar-refractivity contribution in [2.24, 2.45) is 0 Å². The minimum absolute atomic E-state index is 0.128. The van der Waals surface area contributed by atoms with Gasteiger partial charge in [-0.3, -0.25) is 4.79 Å². The summed E-state index contributed by atoms with van der Waals surface area (Å²) in [6.45, 7) is 2.64. The van der Waals surface area contributed by atoms with Gasteiger partial charge >= 0.3 is 0 Å². The normalized spacial score (nSPS) is 19.9. The van der Waals surface area contributed by atoms with Gasteiger partial charge in [-0.25, -0.2) is 0 Å². The van der Waals surface area contributed by atoms with E-state index in [4.69, 9.17) is 9.47 Å². The molecule has 0 unspecified atom stereocenters. The molecular weight excluding hydrogens is 216 g/mol. The number of hydrogen-bond acceptors (Lipinski definition) is 3. The van der Waals surface area contributed by atoms with Gasteiger partial charge in [0.2, 0.25) is 0 Å². The van der Waals surface area contributed by atoms with Crippen LogP contribution in [-0.2, 0) is 4.74 Å². The molecule has 3 heteroatoms. The fourth-order valence-electron chi connectivity index (χ4n) is 1.88. The predicted molar refractivity (Wildman–Crippen MR) is 65.3 cm³/mol. The summed E-state index contributed by atoms with van der Waals surface area (Å²) in [6, 6.07) is 7.29. The highest BCUT2D eigenvalue weighted by molar-refractivity contribution is 5.95. The van der Waals surface area contributed by atoms with Crippen LogP contribution in [0.15, 0.2) is 24.3 Å². The summed E-state index contributed by atoms with van der Waals surface area (Å²) in [7, 11) is 0. The van der Waals surface area contributed by atoms with Gasteiger partial charge in [0.05, 0.1) is 6.61 Å². The van der Waals surface area contributed by atoms with Crippen LogP contribution in [0.2, 0.25) is 0 Å². The molecule has 0 N–H and O–H groups in total. The molecule has 0 amide bonds. The number of carbonyl (C=O) groups is 1. The standard InChI is InChI=1S/C14H18O3/c1-2-13(15)11-6-8-12(9-7-11)17-14-5-3-4-10-16-14/h6-9,14H,2-5,10H2,1H3/t14-/m1/s1. The Kier molecular flexibility index (Phi) is 4.15. The lowest BCUT2D eigenvalue weighted by Gasteiger charge is -2.23. The van der Waals surface area contributed by atoms with Crippen molar-refractivity contribution in [3.8, 4) is 5.75 Å². The fraction of sp³-hybridized carbons (Fsp3) is 0.500. The second-order valence-electron chi connectivity index (χ2n) is 4.22. The molecule has 1 atom stereocenters. The molecular formula is C14H18O3. The van der Waals surface area contributed by atoms with E-state index in [1.165, 1.54) is 0 Å². The van der Waals surface area contributed by atoms with Crippen LogP contribution in [0.5, 0.6) is 5.75 Å². The van der Waals surface area contributed by atoms with E-state index in [-0.39, 0.29) is 12.1 Å². The molecule has 0 spiro atoms. The summed E-state index contributed by atoms with van der Waals surface area (Å²) < 4.78 is 11.2. The lowest BCUT2D eigenvalue weighted by molar-refractivity contribution is -0.105. The van der Waals surface area contributed by atoms with Crippen LogP contribution < -0.4 is 4.74 Å². The van der Waals surface area contributed by atoms with Crippen LogP contribution in [0.1, 0.15) is 43.0 Å². The number of benzene rings is 1. The molecule has 92 valence electrons. The summed E-state index contributed by atoms with van der Waals surface area (Å²) in [5, 5.41) is 0. The molecule has 0 radical (unpaired) electrons. The van der Waals surface area contributed by atoms with Crippen molar-refractivity contribution in [3.05, 3.63) is 29.8 Å². The van der Waals surface area contributed by atoms with Crippen LogP contribution in [0, 0.1) is 0 Å². The highest BCUT2D eigenvalue weighted by Gasteiger charge is 2.15. The lowest BCUT2D eigenvalue weighted by Crippen LogP contribution is -2.24. The average Bonchev–Trinajstić information content (AvgIpc) is 2.40. The summed E-state index contributed by atoms with van der Waals surface area (Å²) in [5.74, 6) is 0.926. The average molecular weight is 234 g/mol. The summed E-state index contributed by atoms with van der Waals surface area (Å²) in [6.07, 6.45) is 3.61. The summed E-state index contributed by atoms with van der Waals surface area (Å²) in [4.78, 5) is 11.4. The van der Waals surface area contributed by atoms with Crippen molar-refractivity contribution in [2.45, 2.75) is 38.9 Å². The third kappa shape index (κ3) is 3.30. The Morgan fingerprint density at radius 1 is 1.35 bits per heavy atom. The molecule has 1 heterocycles. The van der Waals surface area contributed by atoms with E-state index >= 15 is 0 Å². The maximum atomic E-state index is 11.4. The molecule has 1 fully saturated rings. The minimum atomic E-state index is -0.128. The fourth-order valence-corrected chi connectivity index (χ4v) is 1.88. The van der Waals surface area contributed by atoms with E-state index in [2.05, 4.69) is 0 Å². The molecule has 17 heavy (non-hydrogen) atoms. The van der Waals surface area contributed by atoms with Gasteiger partial charge in [0, 0.05) is 18.4 Å². The van der Waals surface area contributed by atoms with Crippen molar-refractivity contribution in [1.29, 1.82) is 0 Å². The molecule has 0 saturated carbocycles. The van der Waals surface area contributed by atoms with E-state index in [0.717, 1.165) is 37.2 Å². The number of hydrogen-bond donors (Lipinski definition) is 0. The number of ketones is 1. The molecule has 0 aromatic heterocycles. The first-order chi connectivity index (χ1) is 8.29. The maximum absolute atomic E-state index is 11.4. The second-order valence-corrected chi connectivity index (χ2v) is 4.22. The van der Waals surface area contributed by atoms with E-state index in [9.17, 15) is 4.79 Å². The zero-order chi connectivity index (χ0) is 12.1. The molecule has 1 saturated heterocycles. The Bertz CT molecular complexity index is 364. The number of rotatable bonds is 4. The lowest BCUT2D eigenvalue weighted by atomic mass is 10.1. The molecule has 1 aromatic carbocycles. The molecule has 1 aliphatic rings. The third-order valence-electron chi connectivity index (χ3n) is 2.90. The smallest absolute Gasteiger partial charge is 0.199 e. The highest BCUT2D eigenvalue weighted by atomic mass is 16.7. The summed E-state index contributed by atoms with van der Waals surface area (Å²) >= 11 is 0. The van der Waals surface area contributed by atoms with Gasteiger partial charge in [-0.15, -0.1) is 0 Å². The van der Waals surface area contributed by atoms with Gasteiger partial charge in [-0.1, -0.05) is 6.92 Å². The van der Waals surface area contributed by atoms with Crippen molar-refractivity contribution < 1.29 is 14.3 Å². The van der Waals surface area contributed by atoms with Crippen molar-refractivity contribution in [2.75, 3.05) is 6.61 Å². The molecule has 3 nitrogen and oxygen atoms in total. The number of carbonyl (C=O) groups excluding carboxylic acids is 1. The van der Waals surface area contributed by atoms with Crippen LogP contribution in [0.25, 0.3) is 0 Å². The first-order valence-electron chi connectivity index (χ1n) is 6.21.